The number of urea groups is 2. The van der Waals surface area contributed by atoms with Crippen LogP contribution in [-0.2, 0) is 47.7 Å². The van der Waals surface area contributed by atoms with E-state index in [2.05, 4.69) is 38.8 Å². The molecule has 0 aromatic heterocycles. The number of aliphatic hydroxyl groups is 1. The first kappa shape index (κ1) is 73.6. The van der Waals surface area contributed by atoms with Gasteiger partial charge in [-0.2, -0.15) is 23.5 Å². The van der Waals surface area contributed by atoms with Crippen LogP contribution in [0.15, 0.2) is 11.6 Å². The summed E-state index contributed by atoms with van der Waals surface area (Å²) in [6.45, 7) is 5.24. The summed E-state index contributed by atoms with van der Waals surface area (Å²) in [7, 11) is 0. The number of fused-ring (bicyclic) bond motifs is 2. The fourth-order valence-electron chi connectivity index (χ4n) is 14.3. The third-order valence-electron chi connectivity index (χ3n) is 19.5. The number of hydrogen-bond donors (Lipinski definition) is 7. The normalized spacial score (nSPS) is 26.8. The van der Waals surface area contributed by atoms with E-state index in [9.17, 15) is 38.7 Å². The lowest BCUT2D eigenvalue weighted by Gasteiger charge is -2.26. The van der Waals surface area contributed by atoms with Gasteiger partial charge in [0.25, 0.3) is 0 Å². The van der Waals surface area contributed by atoms with Gasteiger partial charge in [0.1, 0.15) is 18.3 Å². The van der Waals surface area contributed by atoms with Crippen LogP contribution < -0.4 is 31.9 Å². The van der Waals surface area contributed by atoms with Gasteiger partial charge in [-0.05, 0) is 122 Å². The number of esters is 3. The van der Waals surface area contributed by atoms with E-state index in [-0.39, 0.29) is 109 Å². The van der Waals surface area contributed by atoms with Crippen LogP contribution in [0.25, 0.3) is 0 Å². The molecule has 7 heterocycles. The summed E-state index contributed by atoms with van der Waals surface area (Å²) in [6.07, 6.45) is 35.4. The minimum Gasteiger partial charge on any atom is -0.462 e. The minimum atomic E-state index is -0.455. The van der Waals surface area contributed by atoms with Gasteiger partial charge < -0.3 is 60.7 Å². The summed E-state index contributed by atoms with van der Waals surface area (Å²) < 4.78 is 30.8. The molecule has 6 saturated heterocycles. The summed E-state index contributed by atoms with van der Waals surface area (Å²) >= 11 is 3.79. The minimum absolute atomic E-state index is 0.0481. The number of thioether (sulfide) groups is 2. The number of carbonyl (C=O) groups excluding carboxylic acids is 7. The molecule has 6 amide bonds. The quantitative estimate of drug-likeness (QED) is 0.0129. The van der Waals surface area contributed by atoms with Crippen LogP contribution in [-0.4, -0.2) is 155 Å². The third kappa shape index (κ3) is 26.9. The predicted molar refractivity (Wildman–Crippen MR) is 354 cm³/mol. The van der Waals surface area contributed by atoms with Crippen molar-refractivity contribution in [3.05, 3.63) is 11.6 Å². The number of aliphatic hydroxyl groups excluding tert-OH is 1. The molecular formula is C69H116N6O13S2. The lowest BCUT2D eigenvalue weighted by atomic mass is 9.99. The van der Waals surface area contributed by atoms with Crippen molar-refractivity contribution >= 4 is 65.3 Å². The summed E-state index contributed by atoms with van der Waals surface area (Å²) in [5.41, 5.74) is 0.570. The molecular weight excluding hydrogens is 1180 g/mol. The number of cyclic esters (lactones) is 1. The van der Waals surface area contributed by atoms with Crippen LogP contribution in [0.3, 0.4) is 0 Å². The zero-order valence-corrected chi connectivity index (χ0v) is 56.6. The van der Waals surface area contributed by atoms with E-state index >= 15 is 0 Å². The van der Waals surface area contributed by atoms with E-state index in [1.807, 2.05) is 36.5 Å². The van der Waals surface area contributed by atoms with Crippen molar-refractivity contribution in [1.82, 2.24) is 31.9 Å². The van der Waals surface area contributed by atoms with Crippen molar-refractivity contribution < 1.29 is 62.4 Å². The third-order valence-corrected chi connectivity index (χ3v) is 22.5. The Morgan fingerprint density at radius 2 is 1.02 bits per heavy atom. The zero-order valence-electron chi connectivity index (χ0n) is 54.9. The van der Waals surface area contributed by atoms with Crippen molar-refractivity contribution in [3.63, 3.8) is 0 Å². The highest BCUT2D eigenvalue weighted by Crippen LogP contribution is 2.37. The molecule has 7 aliphatic rings. The first-order chi connectivity index (χ1) is 43.8. The van der Waals surface area contributed by atoms with Gasteiger partial charge in [0.2, 0.25) is 11.8 Å². The molecule has 21 heteroatoms. The number of rotatable bonds is 49. The topological polar surface area (TPSA) is 258 Å². The molecule has 0 aliphatic carbocycles. The monoisotopic (exact) mass is 1300 g/mol. The summed E-state index contributed by atoms with van der Waals surface area (Å²) in [4.78, 5) is 87.5. The smallest absolute Gasteiger partial charge is 0.334 e. The van der Waals surface area contributed by atoms with Gasteiger partial charge in [-0.15, -0.1) is 0 Å². The Morgan fingerprint density at radius 3 is 1.56 bits per heavy atom. The second-order valence-electron chi connectivity index (χ2n) is 27.0. The summed E-state index contributed by atoms with van der Waals surface area (Å²) in [5.74, 6) is 1.18. The van der Waals surface area contributed by atoms with Crippen LogP contribution in [0.1, 0.15) is 271 Å². The van der Waals surface area contributed by atoms with Crippen molar-refractivity contribution in [2.24, 2.45) is 0 Å². The molecule has 0 unspecified atom stereocenters. The maximum atomic E-state index is 13.5. The Morgan fingerprint density at radius 1 is 0.556 bits per heavy atom. The SMILES string of the molecule is CCCCCCCCCC[C@H](O)[C@H]1CC[C@H]([C@H]2CC[C@H]([C@@H](CCCCCCCCCC[C@H](CC3=C[C@H](C)OC3=O)OC(=O)CCCCCNC(=O)CCCC[C@@H]3SC[C@@H]4NC(=O)N[C@@H]43)OC(=O)CCCCCNC(=O)CCCC[C@@H]3SC[C@@H]4NC(=O)N[C@@H]43)O2)O1. The number of carbonyl (C=O) groups is 7. The van der Waals surface area contributed by atoms with Gasteiger partial charge in [0.05, 0.1) is 54.7 Å². The first-order valence-corrected chi connectivity index (χ1v) is 38.1. The molecule has 14 atom stereocenters. The lowest BCUT2D eigenvalue weighted by Crippen LogP contribution is -2.36. The average Bonchev–Trinajstić information content (AvgIpc) is 2.74. The molecule has 7 rings (SSSR count). The van der Waals surface area contributed by atoms with Crippen molar-refractivity contribution in [2.45, 2.75) is 354 Å². The summed E-state index contributed by atoms with van der Waals surface area (Å²) in [5, 5.41) is 30.0. The number of nitrogens with one attached hydrogen (secondary N) is 6. The van der Waals surface area contributed by atoms with E-state index in [0.717, 1.165) is 178 Å². The van der Waals surface area contributed by atoms with Gasteiger partial charge >= 0.3 is 30.0 Å². The molecule has 0 aromatic carbocycles. The number of amides is 6. The van der Waals surface area contributed by atoms with Crippen molar-refractivity contribution in [1.29, 1.82) is 0 Å². The largest absolute Gasteiger partial charge is 0.462 e. The molecule has 90 heavy (non-hydrogen) atoms. The maximum absolute atomic E-state index is 13.5. The van der Waals surface area contributed by atoms with Crippen LogP contribution in [0.4, 0.5) is 9.59 Å². The van der Waals surface area contributed by atoms with Gasteiger partial charge in [0.15, 0.2) is 0 Å². The fourth-order valence-corrected chi connectivity index (χ4v) is 17.4. The Labute approximate surface area is 547 Å². The second-order valence-corrected chi connectivity index (χ2v) is 29.6. The van der Waals surface area contributed by atoms with Gasteiger partial charge in [0, 0.05) is 72.8 Å². The van der Waals surface area contributed by atoms with Crippen LogP contribution in [0, 0.1) is 0 Å². The number of hydrogen-bond acceptors (Lipinski definition) is 15. The standard InChI is InChI=1S/C69H116N6O13S2/c1-3-4-5-6-7-11-14-19-30-53(76)54-38-39-57(86-54)58-41-40-56(87-58)55(88-64(80)37-22-17-28-43-71-62(78)35-26-24-33-60-66-52(47-90-60)73-69(83)75-66)31-20-15-12-9-8-10-13-18-29-50(45-49-44-48(2)84-67(49)81)85-63(79)36-21-16-27-42-70-61(77)34-25-23-32-59-65-51(46-89-59)72-68(82)74-65/h44,48,50-60,65-66,76H,3-43,45-47H2,1-2H3,(H,70,77)(H,71,78)(H2,72,74,82)(H2,73,75,83)/t48-,50+,51-,52-,53-,54+,55+,56+,57+,58+,59-,60-,65-,66-/m0/s1. The fraction of sp³-hybridized carbons (Fsp3) is 0.870. The van der Waals surface area contributed by atoms with Crippen molar-refractivity contribution in [2.75, 3.05) is 24.6 Å². The van der Waals surface area contributed by atoms with Crippen LogP contribution in [0.2, 0.25) is 0 Å². The molecule has 7 aliphatic heterocycles. The molecule has 7 N–H and O–H groups in total. The number of unbranched alkanes of at least 4 members (excludes halogenated alkanes) is 20. The predicted octanol–water partition coefficient (Wildman–Crippen LogP) is 11.8. The van der Waals surface area contributed by atoms with Gasteiger partial charge in [-0.1, -0.05) is 122 Å². The highest BCUT2D eigenvalue weighted by Gasteiger charge is 2.45. The van der Waals surface area contributed by atoms with E-state index < -0.39 is 12.2 Å². The van der Waals surface area contributed by atoms with E-state index in [0.29, 0.717) is 74.1 Å². The molecule has 0 bridgehead atoms. The van der Waals surface area contributed by atoms with Crippen LogP contribution >= 0.6 is 23.5 Å². The van der Waals surface area contributed by atoms with Crippen molar-refractivity contribution in [3.8, 4) is 0 Å². The van der Waals surface area contributed by atoms with E-state index in [1.54, 1.807) is 0 Å². The van der Waals surface area contributed by atoms with E-state index in [1.165, 1.54) is 38.5 Å². The Hall–Kier alpha value is -3.79. The zero-order chi connectivity index (χ0) is 63.7. The Balaban J connectivity index is 0.746. The highest BCUT2D eigenvalue weighted by molar-refractivity contribution is 8.00. The molecule has 0 radical (unpaired) electrons. The molecule has 0 saturated carbocycles. The lowest BCUT2D eigenvalue weighted by molar-refractivity contribution is -0.161. The van der Waals surface area contributed by atoms with Gasteiger partial charge in [-0.25, -0.2) is 14.4 Å². The average molecular weight is 1300 g/mol. The second kappa shape index (κ2) is 41.8. The highest BCUT2D eigenvalue weighted by atomic mass is 32.2. The van der Waals surface area contributed by atoms with Crippen LogP contribution in [0.5, 0.6) is 0 Å². The summed E-state index contributed by atoms with van der Waals surface area (Å²) in [6, 6.07) is 0.662. The molecule has 512 valence electrons. The molecule has 0 spiro atoms. The maximum Gasteiger partial charge on any atom is 0.334 e. The Kier molecular flexibility index (Phi) is 34.2. The Bertz CT molecular complexity index is 2210. The van der Waals surface area contributed by atoms with Gasteiger partial charge in [-0.3, -0.25) is 19.2 Å². The molecule has 6 fully saturated rings. The molecule has 19 nitrogen and oxygen atoms in total. The first-order valence-electron chi connectivity index (χ1n) is 36.0. The number of ether oxygens (including phenoxy) is 5. The van der Waals surface area contributed by atoms with E-state index in [4.69, 9.17) is 23.7 Å². The molecule has 0 aromatic rings.